The second-order valence-corrected chi connectivity index (χ2v) is 5.88. The molecule has 0 aliphatic carbocycles. The third-order valence-electron chi connectivity index (χ3n) is 2.86. The van der Waals surface area contributed by atoms with Gasteiger partial charge in [0.15, 0.2) is 5.78 Å². The maximum absolute atomic E-state index is 12.5. The van der Waals surface area contributed by atoms with Gasteiger partial charge in [-0.05, 0) is 35.9 Å². The van der Waals surface area contributed by atoms with E-state index >= 15 is 0 Å². The number of Topliss-reactive ketones (excluding diaryl/α,β-unsaturated/α-hetero) is 1. The average Bonchev–Trinajstić information content (AvgIpc) is 2.43. The van der Waals surface area contributed by atoms with E-state index in [1.54, 1.807) is 18.2 Å². The van der Waals surface area contributed by atoms with Crippen LogP contribution in [-0.2, 0) is 0 Å². The lowest BCUT2D eigenvalue weighted by Crippen LogP contribution is -2.12. The summed E-state index contributed by atoms with van der Waals surface area (Å²) in [6, 6.07) is 11.1. The summed E-state index contributed by atoms with van der Waals surface area (Å²) in [5, 5.41) is 10.6. The number of halogens is 4. The molecule has 0 bridgehead atoms. The molecule has 0 N–H and O–H groups in total. The first kappa shape index (κ1) is 16.1. The second-order valence-electron chi connectivity index (χ2n) is 4.22. The van der Waals surface area contributed by atoms with Crippen LogP contribution >= 0.6 is 46.4 Å². The number of nitriles is 1. The molecule has 1 unspecified atom stereocenters. The summed E-state index contributed by atoms with van der Waals surface area (Å²) in [6.45, 7) is 0. The molecule has 106 valence electrons. The first-order valence-electron chi connectivity index (χ1n) is 5.78. The first-order chi connectivity index (χ1) is 9.93. The molecule has 0 aliphatic heterocycles. The van der Waals surface area contributed by atoms with Crippen LogP contribution in [0.1, 0.15) is 21.8 Å². The van der Waals surface area contributed by atoms with E-state index in [2.05, 4.69) is 0 Å². The third-order valence-corrected chi connectivity index (χ3v) is 4.15. The van der Waals surface area contributed by atoms with Crippen LogP contribution in [0.15, 0.2) is 36.4 Å². The van der Waals surface area contributed by atoms with Gasteiger partial charge in [0, 0.05) is 10.6 Å². The van der Waals surface area contributed by atoms with Crippen LogP contribution in [0.5, 0.6) is 0 Å². The van der Waals surface area contributed by atoms with Gasteiger partial charge < -0.3 is 0 Å². The summed E-state index contributed by atoms with van der Waals surface area (Å²) >= 11 is 23.6. The highest BCUT2D eigenvalue weighted by Gasteiger charge is 2.24. The van der Waals surface area contributed by atoms with Crippen LogP contribution in [0.3, 0.4) is 0 Å². The van der Waals surface area contributed by atoms with Crippen molar-refractivity contribution in [3.8, 4) is 6.07 Å². The zero-order valence-corrected chi connectivity index (χ0v) is 13.4. The van der Waals surface area contributed by atoms with E-state index in [0.29, 0.717) is 15.6 Å². The fourth-order valence-electron chi connectivity index (χ4n) is 1.82. The Morgan fingerprint density at radius 2 is 1.67 bits per heavy atom. The van der Waals surface area contributed by atoms with Gasteiger partial charge in [0.05, 0.1) is 21.1 Å². The topological polar surface area (TPSA) is 40.9 Å². The van der Waals surface area contributed by atoms with E-state index in [9.17, 15) is 10.1 Å². The number of benzene rings is 2. The van der Waals surface area contributed by atoms with Gasteiger partial charge >= 0.3 is 0 Å². The van der Waals surface area contributed by atoms with Gasteiger partial charge in [-0.1, -0.05) is 52.5 Å². The van der Waals surface area contributed by atoms with Gasteiger partial charge in [-0.2, -0.15) is 5.26 Å². The van der Waals surface area contributed by atoms with Gasteiger partial charge in [0.1, 0.15) is 5.92 Å². The Kier molecular flexibility index (Phi) is 5.13. The molecule has 6 heteroatoms. The molecule has 0 saturated heterocycles. The minimum absolute atomic E-state index is 0.202. The third kappa shape index (κ3) is 3.51. The van der Waals surface area contributed by atoms with Gasteiger partial charge in [-0.3, -0.25) is 4.79 Å². The fraction of sp³-hybridized carbons (Fsp3) is 0.0667. The number of hydrogen-bond donors (Lipinski definition) is 0. The molecule has 2 rings (SSSR count). The summed E-state index contributed by atoms with van der Waals surface area (Å²) in [6.07, 6.45) is 0. The van der Waals surface area contributed by atoms with Crippen LogP contribution in [0.25, 0.3) is 0 Å². The predicted molar refractivity (Wildman–Crippen MR) is 85.6 cm³/mol. The molecule has 2 aromatic carbocycles. The van der Waals surface area contributed by atoms with E-state index in [1.807, 2.05) is 6.07 Å². The molecule has 0 saturated carbocycles. The minimum Gasteiger partial charge on any atom is -0.292 e. The Morgan fingerprint density at radius 3 is 2.24 bits per heavy atom. The highest BCUT2D eigenvalue weighted by Crippen LogP contribution is 2.30. The van der Waals surface area contributed by atoms with Crippen molar-refractivity contribution in [2.45, 2.75) is 5.92 Å². The van der Waals surface area contributed by atoms with E-state index in [1.165, 1.54) is 18.2 Å². The highest BCUT2D eigenvalue weighted by atomic mass is 35.5. The molecule has 2 nitrogen and oxygen atoms in total. The van der Waals surface area contributed by atoms with Gasteiger partial charge in [-0.25, -0.2) is 0 Å². The molecular weight excluding hydrogens is 352 g/mol. The Balaban J connectivity index is 2.43. The number of hydrogen-bond acceptors (Lipinski definition) is 2. The number of nitrogens with zero attached hydrogens (tertiary/aromatic N) is 1. The summed E-state index contributed by atoms with van der Waals surface area (Å²) in [4.78, 5) is 12.5. The zero-order valence-electron chi connectivity index (χ0n) is 10.4. The summed E-state index contributed by atoms with van der Waals surface area (Å²) < 4.78 is 0. The van der Waals surface area contributed by atoms with Crippen molar-refractivity contribution in [3.05, 3.63) is 67.6 Å². The van der Waals surface area contributed by atoms with Gasteiger partial charge in [0.2, 0.25) is 0 Å². The lowest BCUT2D eigenvalue weighted by atomic mass is 9.92. The van der Waals surface area contributed by atoms with Gasteiger partial charge in [-0.15, -0.1) is 0 Å². The molecule has 0 amide bonds. The quantitative estimate of drug-likeness (QED) is 0.651. The molecule has 21 heavy (non-hydrogen) atoms. The maximum Gasteiger partial charge on any atom is 0.185 e. The minimum atomic E-state index is -1.02. The lowest BCUT2D eigenvalue weighted by molar-refractivity contribution is 0.0979. The molecule has 2 aromatic rings. The zero-order chi connectivity index (χ0) is 15.6. The van der Waals surface area contributed by atoms with Crippen LogP contribution in [-0.4, -0.2) is 5.78 Å². The smallest absolute Gasteiger partial charge is 0.185 e. The Morgan fingerprint density at radius 1 is 0.952 bits per heavy atom. The highest BCUT2D eigenvalue weighted by molar-refractivity contribution is 6.42. The molecule has 0 heterocycles. The Labute approximate surface area is 141 Å². The van der Waals surface area contributed by atoms with Crippen molar-refractivity contribution < 1.29 is 4.79 Å². The molecule has 0 aliphatic rings. The SMILES string of the molecule is N#CC(C(=O)c1ccc(Cl)cc1Cl)c1ccc(Cl)c(Cl)c1. The first-order valence-corrected chi connectivity index (χ1v) is 7.29. The molecule has 0 aromatic heterocycles. The summed E-state index contributed by atoms with van der Waals surface area (Å²) in [5.41, 5.74) is 0.696. The van der Waals surface area contributed by atoms with Crippen LogP contribution in [0.2, 0.25) is 20.1 Å². The summed E-state index contributed by atoms with van der Waals surface area (Å²) in [5.74, 6) is -1.43. The molecule has 0 spiro atoms. The number of rotatable bonds is 3. The Bertz CT molecular complexity index is 752. The second kappa shape index (κ2) is 6.68. The van der Waals surface area contributed by atoms with E-state index in [0.717, 1.165) is 0 Å². The predicted octanol–water partition coefficient (Wildman–Crippen LogP) is 5.79. The Hall–Kier alpha value is -1.24. The average molecular weight is 359 g/mol. The number of carbonyl (C=O) groups excluding carboxylic acids is 1. The molecule has 0 fully saturated rings. The van der Waals surface area contributed by atoms with Crippen molar-refractivity contribution in [1.29, 1.82) is 5.26 Å². The monoisotopic (exact) mass is 357 g/mol. The normalized spacial score (nSPS) is 11.8. The van der Waals surface area contributed by atoms with Crippen molar-refractivity contribution in [1.82, 2.24) is 0 Å². The maximum atomic E-state index is 12.5. The number of carbonyl (C=O) groups is 1. The van der Waals surface area contributed by atoms with Crippen molar-refractivity contribution in [2.24, 2.45) is 0 Å². The van der Waals surface area contributed by atoms with Crippen molar-refractivity contribution in [3.63, 3.8) is 0 Å². The van der Waals surface area contributed by atoms with E-state index in [4.69, 9.17) is 46.4 Å². The molecule has 1 atom stereocenters. The van der Waals surface area contributed by atoms with Crippen molar-refractivity contribution >= 4 is 52.2 Å². The standard InChI is InChI=1S/C15H7Cl4NO/c16-9-2-3-10(13(18)6-9)15(21)11(7-20)8-1-4-12(17)14(19)5-8/h1-6,11H. The van der Waals surface area contributed by atoms with Crippen LogP contribution in [0.4, 0.5) is 0 Å². The fourth-order valence-corrected chi connectivity index (χ4v) is 2.63. The lowest BCUT2D eigenvalue weighted by Gasteiger charge is -2.11. The van der Waals surface area contributed by atoms with Gasteiger partial charge in [0.25, 0.3) is 0 Å². The van der Waals surface area contributed by atoms with Crippen LogP contribution in [0, 0.1) is 11.3 Å². The largest absolute Gasteiger partial charge is 0.292 e. The molecule has 0 radical (unpaired) electrons. The van der Waals surface area contributed by atoms with Crippen LogP contribution < -0.4 is 0 Å². The summed E-state index contributed by atoms with van der Waals surface area (Å²) in [7, 11) is 0. The van der Waals surface area contributed by atoms with E-state index < -0.39 is 11.7 Å². The molecular formula is C15H7Cl4NO. The van der Waals surface area contributed by atoms with Crippen molar-refractivity contribution in [2.75, 3.05) is 0 Å². The van der Waals surface area contributed by atoms with E-state index in [-0.39, 0.29) is 15.6 Å². The number of ketones is 1.